The lowest BCUT2D eigenvalue weighted by Crippen LogP contribution is -2.33. The number of thioether (sulfide) groups is 1. The quantitative estimate of drug-likeness (QED) is 0.860. The molecular formula is C15H17NO4S. The molecule has 1 amide bonds. The molecule has 0 aliphatic carbocycles. The van der Waals surface area contributed by atoms with Gasteiger partial charge in [-0.25, -0.2) is 4.79 Å². The van der Waals surface area contributed by atoms with Gasteiger partial charge in [-0.15, -0.1) is 0 Å². The largest absolute Gasteiger partial charge is 0.449 e. The van der Waals surface area contributed by atoms with Crippen LogP contribution in [-0.4, -0.2) is 31.3 Å². The normalized spacial score (nSPS) is 12.1. The van der Waals surface area contributed by atoms with Gasteiger partial charge in [0.05, 0.1) is 0 Å². The van der Waals surface area contributed by atoms with Crippen LogP contribution in [0.3, 0.4) is 0 Å². The van der Waals surface area contributed by atoms with Crippen molar-refractivity contribution in [2.24, 2.45) is 0 Å². The van der Waals surface area contributed by atoms with Crippen molar-refractivity contribution < 1.29 is 18.7 Å². The van der Waals surface area contributed by atoms with Crippen LogP contribution in [0, 0.1) is 0 Å². The number of ether oxygens (including phenoxy) is 1. The summed E-state index contributed by atoms with van der Waals surface area (Å²) in [6, 6.07) is 7.45. The molecule has 0 aliphatic heterocycles. The van der Waals surface area contributed by atoms with Crippen LogP contribution in [0.15, 0.2) is 28.7 Å². The number of amides is 1. The second-order valence-electron chi connectivity index (χ2n) is 4.50. The lowest BCUT2D eigenvalue weighted by molar-refractivity contribution is -0.128. The number of hydrogen-bond acceptors (Lipinski definition) is 5. The maximum atomic E-state index is 12.2. The zero-order valence-electron chi connectivity index (χ0n) is 12.1. The fraction of sp³-hybridized carbons (Fsp3) is 0.333. The number of rotatable bonds is 5. The van der Waals surface area contributed by atoms with E-state index in [4.69, 9.17) is 9.15 Å². The van der Waals surface area contributed by atoms with E-state index in [1.807, 2.05) is 24.5 Å². The molecule has 6 heteroatoms. The standard InChI is InChI=1S/C15H17NO4S/c1-9(14(17)16-2)19-15(18)13-11(8-21-3)10-6-4-5-7-12(10)20-13/h4-7,9H,8H2,1-3H3,(H,16,17). The average Bonchev–Trinajstić information content (AvgIpc) is 2.86. The van der Waals surface area contributed by atoms with Crippen molar-refractivity contribution in [3.63, 3.8) is 0 Å². The van der Waals surface area contributed by atoms with Gasteiger partial charge < -0.3 is 14.5 Å². The third kappa shape index (κ3) is 3.21. The predicted molar refractivity (Wildman–Crippen MR) is 82.4 cm³/mol. The van der Waals surface area contributed by atoms with Gasteiger partial charge in [-0.2, -0.15) is 11.8 Å². The molecule has 0 saturated carbocycles. The molecular weight excluding hydrogens is 290 g/mol. The molecule has 0 bridgehead atoms. The van der Waals surface area contributed by atoms with Gasteiger partial charge in [-0.05, 0) is 19.2 Å². The van der Waals surface area contributed by atoms with Crippen LogP contribution < -0.4 is 5.32 Å². The van der Waals surface area contributed by atoms with Crippen molar-refractivity contribution >= 4 is 34.6 Å². The first-order valence-corrected chi connectivity index (χ1v) is 7.89. The van der Waals surface area contributed by atoms with Crippen molar-refractivity contribution in [3.8, 4) is 0 Å². The Morgan fingerprint density at radius 2 is 2.10 bits per heavy atom. The third-order valence-electron chi connectivity index (χ3n) is 3.07. The number of nitrogens with one attached hydrogen (secondary N) is 1. The van der Waals surface area contributed by atoms with Gasteiger partial charge in [0, 0.05) is 23.8 Å². The summed E-state index contributed by atoms with van der Waals surface area (Å²) >= 11 is 1.59. The molecule has 1 N–H and O–H groups in total. The molecule has 112 valence electrons. The van der Waals surface area contributed by atoms with Gasteiger partial charge in [-0.1, -0.05) is 18.2 Å². The van der Waals surface area contributed by atoms with E-state index in [-0.39, 0.29) is 11.7 Å². The molecule has 0 saturated heterocycles. The van der Waals surface area contributed by atoms with Gasteiger partial charge in [0.15, 0.2) is 6.10 Å². The summed E-state index contributed by atoms with van der Waals surface area (Å²) in [7, 11) is 1.49. The number of likely N-dealkylation sites (N-methyl/N-ethyl adjacent to an activating group) is 1. The molecule has 0 aliphatic rings. The number of benzene rings is 1. The van der Waals surface area contributed by atoms with Gasteiger partial charge in [0.25, 0.3) is 5.91 Å². The van der Waals surface area contributed by atoms with Crippen LogP contribution in [-0.2, 0) is 15.3 Å². The van der Waals surface area contributed by atoms with Crippen molar-refractivity contribution in [3.05, 3.63) is 35.6 Å². The number of hydrogen-bond donors (Lipinski definition) is 1. The van der Waals surface area contributed by atoms with Crippen LogP contribution in [0.5, 0.6) is 0 Å². The molecule has 2 rings (SSSR count). The minimum absolute atomic E-state index is 0.168. The van der Waals surface area contributed by atoms with Crippen LogP contribution in [0.1, 0.15) is 23.0 Å². The highest BCUT2D eigenvalue weighted by Gasteiger charge is 2.25. The highest BCUT2D eigenvalue weighted by Crippen LogP contribution is 2.29. The fourth-order valence-electron chi connectivity index (χ4n) is 2.02. The van der Waals surface area contributed by atoms with Crippen LogP contribution >= 0.6 is 11.8 Å². The van der Waals surface area contributed by atoms with Crippen molar-refractivity contribution in [1.82, 2.24) is 5.32 Å². The average molecular weight is 307 g/mol. The Morgan fingerprint density at radius 1 is 1.38 bits per heavy atom. The Labute approximate surface area is 127 Å². The first-order chi connectivity index (χ1) is 10.1. The number of para-hydroxylation sites is 1. The number of furan rings is 1. The smallest absolute Gasteiger partial charge is 0.375 e. The van der Waals surface area contributed by atoms with Crippen LogP contribution in [0.25, 0.3) is 11.0 Å². The van der Waals surface area contributed by atoms with E-state index in [0.29, 0.717) is 11.3 Å². The Bertz CT molecular complexity index is 665. The van der Waals surface area contributed by atoms with Gasteiger partial charge in [0.2, 0.25) is 5.76 Å². The summed E-state index contributed by atoms with van der Waals surface area (Å²) < 4.78 is 10.8. The molecule has 0 radical (unpaired) electrons. The highest BCUT2D eigenvalue weighted by atomic mass is 32.2. The van der Waals surface area contributed by atoms with E-state index in [2.05, 4.69) is 5.32 Å². The van der Waals surface area contributed by atoms with E-state index < -0.39 is 12.1 Å². The minimum Gasteiger partial charge on any atom is -0.449 e. The molecule has 2 aromatic rings. The Kier molecular flexibility index (Phi) is 4.90. The molecule has 5 nitrogen and oxygen atoms in total. The van der Waals surface area contributed by atoms with E-state index in [9.17, 15) is 9.59 Å². The molecule has 0 fully saturated rings. The summed E-state index contributed by atoms with van der Waals surface area (Å²) in [5, 5.41) is 3.33. The molecule has 21 heavy (non-hydrogen) atoms. The zero-order chi connectivity index (χ0) is 15.4. The first kappa shape index (κ1) is 15.4. The van der Waals surface area contributed by atoms with Gasteiger partial charge >= 0.3 is 5.97 Å². The summed E-state index contributed by atoms with van der Waals surface area (Å²) in [4.78, 5) is 23.7. The van der Waals surface area contributed by atoms with Crippen molar-refractivity contribution in [1.29, 1.82) is 0 Å². The number of esters is 1. The summed E-state index contributed by atoms with van der Waals surface area (Å²) in [6.07, 6.45) is 1.09. The maximum absolute atomic E-state index is 12.2. The first-order valence-electron chi connectivity index (χ1n) is 6.50. The van der Waals surface area contributed by atoms with E-state index >= 15 is 0 Å². The second kappa shape index (κ2) is 6.67. The number of carbonyl (C=O) groups excluding carboxylic acids is 2. The molecule has 1 atom stereocenters. The van der Waals surface area contributed by atoms with Gasteiger partial charge in [-0.3, -0.25) is 4.79 Å². The van der Waals surface area contributed by atoms with E-state index in [0.717, 1.165) is 10.9 Å². The zero-order valence-corrected chi connectivity index (χ0v) is 13.0. The molecule has 1 aromatic heterocycles. The maximum Gasteiger partial charge on any atom is 0.375 e. The SMILES string of the molecule is CNC(=O)C(C)OC(=O)c1oc2ccccc2c1CSC. The van der Waals surface area contributed by atoms with Crippen molar-refractivity contribution in [2.45, 2.75) is 18.8 Å². The van der Waals surface area contributed by atoms with E-state index in [1.54, 1.807) is 17.8 Å². The second-order valence-corrected chi connectivity index (χ2v) is 5.37. The molecule has 0 spiro atoms. The monoisotopic (exact) mass is 307 g/mol. The molecule has 1 unspecified atom stereocenters. The van der Waals surface area contributed by atoms with Crippen molar-refractivity contribution in [2.75, 3.05) is 13.3 Å². The van der Waals surface area contributed by atoms with Crippen LogP contribution in [0.4, 0.5) is 0 Å². The number of fused-ring (bicyclic) bond motifs is 1. The topological polar surface area (TPSA) is 68.5 Å². The fourth-order valence-corrected chi connectivity index (χ4v) is 2.60. The molecule has 1 heterocycles. The highest BCUT2D eigenvalue weighted by molar-refractivity contribution is 7.97. The Balaban J connectivity index is 2.34. The minimum atomic E-state index is -0.863. The Hall–Kier alpha value is -1.95. The number of carbonyl (C=O) groups is 2. The van der Waals surface area contributed by atoms with E-state index in [1.165, 1.54) is 14.0 Å². The lowest BCUT2D eigenvalue weighted by atomic mass is 10.1. The van der Waals surface area contributed by atoms with Gasteiger partial charge in [0.1, 0.15) is 5.58 Å². The predicted octanol–water partition coefficient (Wildman–Crippen LogP) is 2.59. The lowest BCUT2D eigenvalue weighted by Gasteiger charge is -2.10. The Morgan fingerprint density at radius 3 is 2.76 bits per heavy atom. The molecule has 1 aromatic carbocycles. The van der Waals surface area contributed by atoms with Crippen LogP contribution in [0.2, 0.25) is 0 Å². The summed E-state index contributed by atoms with van der Waals surface area (Å²) in [5.74, 6) is -0.172. The third-order valence-corrected chi connectivity index (χ3v) is 3.65. The summed E-state index contributed by atoms with van der Waals surface area (Å²) in [6.45, 7) is 1.52. The summed E-state index contributed by atoms with van der Waals surface area (Å²) in [5.41, 5.74) is 1.44.